The van der Waals surface area contributed by atoms with Crippen LogP contribution in [0.15, 0.2) is 134 Å². The second kappa shape index (κ2) is 13.1. The maximum Gasteiger partial charge on any atom is 0.242 e. The summed E-state index contributed by atoms with van der Waals surface area (Å²) < 4.78 is 29.1. The first kappa shape index (κ1) is 31.1. The van der Waals surface area contributed by atoms with E-state index < -0.39 is 0 Å². The molecule has 0 atom stereocenters. The van der Waals surface area contributed by atoms with Gasteiger partial charge in [0.05, 0.1) is 25.5 Å². The van der Waals surface area contributed by atoms with E-state index in [0.717, 1.165) is 67.1 Å². The summed E-state index contributed by atoms with van der Waals surface area (Å²) in [7, 11) is 0. The van der Waals surface area contributed by atoms with E-state index in [1.807, 2.05) is 70.3 Å². The van der Waals surface area contributed by atoms with Crippen LogP contribution in [0.5, 0.6) is 23.0 Å². The van der Waals surface area contributed by atoms with Gasteiger partial charge in [-0.05, 0) is 69.1 Å². The molecule has 0 saturated carbocycles. The van der Waals surface area contributed by atoms with E-state index in [9.17, 15) is 0 Å². The van der Waals surface area contributed by atoms with Crippen molar-refractivity contribution in [2.24, 2.45) is 0 Å². The SMILES string of the molecule is c1ccc(Cn2cc(COc3ccc4ccc5c(c4c3)C3CC(O5)Oc4ccc5ccc(OCc6cn(Cc7ccccc7)nn6)cc5c43)nn2)cc1. The Morgan fingerprint density at radius 3 is 1.53 bits per heavy atom. The molecule has 4 heterocycles. The zero-order valence-electron chi connectivity index (χ0n) is 28.7. The third kappa shape index (κ3) is 6.18. The molecule has 10 rings (SSSR count). The quantitative estimate of drug-likeness (QED) is 0.142. The minimum atomic E-state index is -0.370. The number of hydrogen-bond acceptors (Lipinski definition) is 8. The van der Waals surface area contributed by atoms with Gasteiger partial charge in [-0.15, -0.1) is 10.2 Å². The molecular formula is C43H34N6O4. The van der Waals surface area contributed by atoms with Crippen LogP contribution in [0.1, 0.15) is 46.0 Å². The Morgan fingerprint density at radius 2 is 1.04 bits per heavy atom. The minimum absolute atomic E-state index is 0.0428. The molecule has 0 radical (unpaired) electrons. The Kier molecular flexibility index (Phi) is 7.71. The Balaban J connectivity index is 0.922. The molecule has 0 saturated heterocycles. The summed E-state index contributed by atoms with van der Waals surface area (Å²) in [6, 6.07) is 41.2. The molecule has 53 heavy (non-hydrogen) atoms. The number of nitrogens with zero attached hydrogens (tertiary/aromatic N) is 6. The molecule has 10 heteroatoms. The summed E-state index contributed by atoms with van der Waals surface area (Å²) in [6.45, 7) is 1.93. The van der Waals surface area contributed by atoms with E-state index in [0.29, 0.717) is 32.7 Å². The Morgan fingerprint density at radius 1 is 0.566 bits per heavy atom. The van der Waals surface area contributed by atoms with Crippen LogP contribution in [0.4, 0.5) is 0 Å². The summed E-state index contributed by atoms with van der Waals surface area (Å²) in [5.74, 6) is 3.21. The van der Waals surface area contributed by atoms with E-state index >= 15 is 0 Å². The van der Waals surface area contributed by atoms with Crippen LogP contribution in [-0.4, -0.2) is 36.3 Å². The fourth-order valence-corrected chi connectivity index (χ4v) is 7.50. The standard InChI is InChI=1S/C43H34N6O4/c1-3-7-28(8-4-1)22-48-24-32(44-46-48)26-50-34-15-11-30-13-17-39-42(36(30)19-34)38-21-41(52-39)53-40-18-14-31-12-16-35(20-37(31)43(38)40)51-27-33-25-49(47-45-33)23-29-9-5-2-6-10-29/h1-20,24-25,38,41H,21-23,26-27H2. The van der Waals surface area contributed by atoms with Crippen molar-refractivity contribution in [2.75, 3.05) is 0 Å². The molecule has 2 aliphatic rings. The molecule has 0 amide bonds. The third-order valence-electron chi connectivity index (χ3n) is 9.95. The molecule has 0 aliphatic carbocycles. The van der Waals surface area contributed by atoms with Gasteiger partial charge in [0.25, 0.3) is 0 Å². The van der Waals surface area contributed by atoms with Gasteiger partial charge in [-0.1, -0.05) is 95.4 Å². The fraction of sp³-hybridized carbons (Fsp3) is 0.163. The zero-order chi connectivity index (χ0) is 35.1. The number of rotatable bonds is 10. The molecule has 260 valence electrons. The van der Waals surface area contributed by atoms with Crippen molar-refractivity contribution in [2.45, 2.75) is 44.9 Å². The highest BCUT2D eigenvalue weighted by molar-refractivity contribution is 5.94. The van der Waals surface area contributed by atoms with Gasteiger partial charge in [0.1, 0.15) is 47.6 Å². The molecule has 0 unspecified atom stereocenters. The lowest BCUT2D eigenvalue weighted by Gasteiger charge is -2.39. The largest absolute Gasteiger partial charge is 0.487 e. The predicted molar refractivity (Wildman–Crippen MR) is 199 cm³/mol. The van der Waals surface area contributed by atoms with E-state index in [2.05, 4.69) is 93.4 Å². The Labute approximate surface area is 305 Å². The van der Waals surface area contributed by atoms with Gasteiger partial charge in [-0.3, -0.25) is 0 Å². The van der Waals surface area contributed by atoms with Gasteiger partial charge in [0.15, 0.2) is 0 Å². The van der Waals surface area contributed by atoms with E-state index in [1.54, 1.807) is 0 Å². The molecule has 0 fully saturated rings. The molecule has 0 N–H and O–H groups in total. The topological polar surface area (TPSA) is 98.3 Å². The smallest absolute Gasteiger partial charge is 0.242 e. The van der Waals surface area contributed by atoms with Crippen LogP contribution in [0.3, 0.4) is 0 Å². The van der Waals surface area contributed by atoms with Gasteiger partial charge >= 0.3 is 0 Å². The predicted octanol–water partition coefficient (Wildman–Crippen LogP) is 8.06. The molecule has 2 aromatic heterocycles. The van der Waals surface area contributed by atoms with Crippen LogP contribution >= 0.6 is 0 Å². The first-order chi connectivity index (χ1) is 26.2. The third-order valence-corrected chi connectivity index (χ3v) is 9.95. The normalized spacial score (nSPS) is 15.7. The lowest BCUT2D eigenvalue weighted by Crippen LogP contribution is -2.35. The highest BCUT2D eigenvalue weighted by Crippen LogP contribution is 2.52. The molecule has 8 aromatic rings. The average Bonchev–Trinajstić information content (AvgIpc) is 3.85. The van der Waals surface area contributed by atoms with Crippen LogP contribution in [0, 0.1) is 0 Å². The maximum atomic E-state index is 6.43. The Hall–Kier alpha value is -6.68. The van der Waals surface area contributed by atoms with Crippen molar-refractivity contribution >= 4 is 21.5 Å². The van der Waals surface area contributed by atoms with Crippen molar-refractivity contribution in [3.63, 3.8) is 0 Å². The summed E-state index contributed by atoms with van der Waals surface area (Å²) >= 11 is 0. The van der Waals surface area contributed by atoms with Gasteiger partial charge in [0.2, 0.25) is 6.29 Å². The Bertz CT molecular complexity index is 2410. The van der Waals surface area contributed by atoms with Gasteiger partial charge < -0.3 is 18.9 Å². The fourth-order valence-electron chi connectivity index (χ4n) is 7.50. The zero-order valence-corrected chi connectivity index (χ0v) is 28.7. The highest BCUT2D eigenvalue weighted by atomic mass is 16.7. The van der Waals surface area contributed by atoms with Crippen LogP contribution < -0.4 is 18.9 Å². The van der Waals surface area contributed by atoms with Crippen LogP contribution in [0.2, 0.25) is 0 Å². The summed E-state index contributed by atoms with van der Waals surface area (Å²) in [5.41, 5.74) is 6.14. The molecule has 2 bridgehead atoms. The second-order valence-electron chi connectivity index (χ2n) is 13.5. The van der Waals surface area contributed by atoms with Crippen LogP contribution in [-0.2, 0) is 26.3 Å². The molecule has 6 aromatic carbocycles. The maximum absolute atomic E-state index is 6.43. The summed E-state index contributed by atoms with van der Waals surface area (Å²) in [4.78, 5) is 0. The molecule has 2 aliphatic heterocycles. The van der Waals surface area contributed by atoms with E-state index in [-0.39, 0.29) is 12.2 Å². The van der Waals surface area contributed by atoms with Crippen molar-refractivity contribution in [1.82, 2.24) is 30.0 Å². The summed E-state index contributed by atoms with van der Waals surface area (Å²) in [5, 5.41) is 21.7. The lowest BCUT2D eigenvalue weighted by molar-refractivity contribution is -0.0256. The number of fused-ring (bicyclic) bond motifs is 10. The van der Waals surface area contributed by atoms with Crippen molar-refractivity contribution < 1.29 is 18.9 Å². The number of ether oxygens (including phenoxy) is 4. The van der Waals surface area contributed by atoms with Gasteiger partial charge in [0, 0.05) is 23.5 Å². The van der Waals surface area contributed by atoms with E-state index in [4.69, 9.17) is 18.9 Å². The van der Waals surface area contributed by atoms with Gasteiger partial charge in [-0.2, -0.15) is 0 Å². The average molecular weight is 699 g/mol. The number of aromatic nitrogens is 6. The first-order valence-corrected chi connectivity index (χ1v) is 17.8. The van der Waals surface area contributed by atoms with Gasteiger partial charge in [-0.25, -0.2) is 9.36 Å². The first-order valence-electron chi connectivity index (χ1n) is 17.8. The molecule has 0 spiro atoms. The van der Waals surface area contributed by atoms with Crippen LogP contribution in [0.25, 0.3) is 21.5 Å². The van der Waals surface area contributed by atoms with Crippen molar-refractivity contribution in [3.8, 4) is 23.0 Å². The minimum Gasteiger partial charge on any atom is -0.487 e. The molecule has 10 nitrogen and oxygen atoms in total. The van der Waals surface area contributed by atoms with Crippen molar-refractivity contribution in [3.05, 3.63) is 167 Å². The lowest BCUT2D eigenvalue weighted by atomic mass is 9.79. The van der Waals surface area contributed by atoms with Crippen molar-refractivity contribution in [1.29, 1.82) is 0 Å². The number of hydrogen-bond donors (Lipinski definition) is 0. The summed E-state index contributed by atoms with van der Waals surface area (Å²) in [6.07, 6.45) is 4.19. The van der Waals surface area contributed by atoms with E-state index in [1.165, 1.54) is 11.1 Å². The second-order valence-corrected chi connectivity index (χ2v) is 13.5. The number of benzene rings is 6. The monoisotopic (exact) mass is 698 g/mol. The highest BCUT2D eigenvalue weighted by Gasteiger charge is 2.39. The molecular weight excluding hydrogens is 665 g/mol.